The normalized spacial score (nSPS) is 26.0. The van der Waals surface area contributed by atoms with Crippen LogP contribution in [-0.4, -0.2) is 28.6 Å². The Morgan fingerprint density at radius 3 is 2.56 bits per heavy atom. The Kier molecular flexibility index (Phi) is 3.84. The number of carbonyl (C=O) groups is 2. The molecule has 1 fully saturated rings. The Balaban J connectivity index is 1.90. The van der Waals surface area contributed by atoms with E-state index in [1.807, 2.05) is 0 Å². The van der Waals surface area contributed by atoms with Gasteiger partial charge in [0.2, 0.25) is 11.6 Å². The molecule has 1 aliphatic heterocycles. The zero-order valence-corrected chi connectivity index (χ0v) is 13.7. The number of nitro groups is 1. The van der Waals surface area contributed by atoms with Crippen LogP contribution in [0.3, 0.4) is 0 Å². The molecule has 0 amide bonds. The predicted molar refractivity (Wildman–Crippen MR) is 91.9 cm³/mol. The standard InChI is InChI=1S/C19H18N2O4/c22-16-10-9-15-18(19(16)23)17(13-3-1-2-4-14(13)20-15)11-5-7-12(8-6-11)21(24)25/h3,5-8,14-15,20H,1-2,4,9-10H2. The van der Waals surface area contributed by atoms with Crippen LogP contribution < -0.4 is 5.32 Å². The van der Waals surface area contributed by atoms with Crippen molar-refractivity contribution in [2.24, 2.45) is 0 Å². The molecule has 2 unspecified atom stereocenters. The number of carbonyl (C=O) groups excluding carboxylic acids is 2. The van der Waals surface area contributed by atoms with Gasteiger partial charge in [0.1, 0.15) is 0 Å². The maximum Gasteiger partial charge on any atom is 0.269 e. The molecule has 4 rings (SSSR count). The number of non-ortho nitro benzene ring substituents is 1. The van der Waals surface area contributed by atoms with Crippen LogP contribution in [0.15, 0.2) is 41.5 Å². The zero-order chi connectivity index (χ0) is 17.6. The molecule has 1 heterocycles. The molecule has 25 heavy (non-hydrogen) atoms. The van der Waals surface area contributed by atoms with E-state index in [0.717, 1.165) is 36.0 Å². The van der Waals surface area contributed by atoms with Crippen molar-refractivity contribution in [3.63, 3.8) is 0 Å². The summed E-state index contributed by atoms with van der Waals surface area (Å²) in [6.07, 6.45) is 6.05. The molecule has 128 valence electrons. The maximum atomic E-state index is 12.6. The van der Waals surface area contributed by atoms with Gasteiger partial charge in [-0.1, -0.05) is 6.08 Å². The molecule has 1 aromatic carbocycles. The number of hydrogen-bond donors (Lipinski definition) is 1. The Morgan fingerprint density at radius 2 is 1.84 bits per heavy atom. The van der Waals surface area contributed by atoms with Gasteiger partial charge < -0.3 is 5.32 Å². The fourth-order valence-electron chi connectivity index (χ4n) is 4.09. The van der Waals surface area contributed by atoms with Crippen molar-refractivity contribution in [1.82, 2.24) is 5.32 Å². The summed E-state index contributed by atoms with van der Waals surface area (Å²) in [7, 11) is 0. The van der Waals surface area contributed by atoms with E-state index in [-0.39, 0.29) is 30.0 Å². The van der Waals surface area contributed by atoms with Gasteiger partial charge in [-0.15, -0.1) is 0 Å². The third-order valence-electron chi connectivity index (χ3n) is 5.27. The van der Waals surface area contributed by atoms with Gasteiger partial charge in [-0.05, 0) is 54.5 Å². The highest BCUT2D eigenvalue weighted by Crippen LogP contribution is 2.41. The van der Waals surface area contributed by atoms with Crippen LogP contribution in [-0.2, 0) is 9.59 Å². The fourth-order valence-corrected chi connectivity index (χ4v) is 4.09. The molecule has 0 saturated heterocycles. The van der Waals surface area contributed by atoms with Crippen LogP contribution in [0.2, 0.25) is 0 Å². The fraction of sp³-hybridized carbons (Fsp3) is 0.368. The molecule has 2 atom stereocenters. The highest BCUT2D eigenvalue weighted by Gasteiger charge is 2.41. The summed E-state index contributed by atoms with van der Waals surface area (Å²) in [6.45, 7) is 0. The smallest absolute Gasteiger partial charge is 0.269 e. The average molecular weight is 338 g/mol. The third-order valence-corrected chi connectivity index (χ3v) is 5.27. The number of benzene rings is 1. The van der Waals surface area contributed by atoms with Gasteiger partial charge in [-0.25, -0.2) is 0 Å². The molecule has 1 aromatic rings. The van der Waals surface area contributed by atoms with Crippen LogP contribution in [0.1, 0.15) is 37.7 Å². The van der Waals surface area contributed by atoms with Gasteiger partial charge in [0.15, 0.2) is 0 Å². The largest absolute Gasteiger partial charge is 0.303 e. The van der Waals surface area contributed by atoms with Gasteiger partial charge in [-0.2, -0.15) is 0 Å². The van der Waals surface area contributed by atoms with E-state index in [2.05, 4.69) is 11.4 Å². The lowest BCUT2D eigenvalue weighted by atomic mass is 9.73. The molecule has 2 aliphatic carbocycles. The van der Waals surface area contributed by atoms with Crippen LogP contribution in [0.5, 0.6) is 0 Å². The Hall–Kier alpha value is -2.60. The van der Waals surface area contributed by atoms with Crippen molar-refractivity contribution >= 4 is 22.8 Å². The van der Waals surface area contributed by atoms with Crippen LogP contribution in [0.4, 0.5) is 5.69 Å². The molecule has 6 heteroatoms. The van der Waals surface area contributed by atoms with E-state index in [1.54, 1.807) is 12.1 Å². The second kappa shape index (κ2) is 6.04. The van der Waals surface area contributed by atoms with E-state index >= 15 is 0 Å². The Morgan fingerprint density at radius 1 is 1.08 bits per heavy atom. The lowest BCUT2D eigenvalue weighted by Gasteiger charge is -2.40. The van der Waals surface area contributed by atoms with Crippen molar-refractivity contribution in [1.29, 1.82) is 0 Å². The van der Waals surface area contributed by atoms with Crippen LogP contribution in [0.25, 0.3) is 5.57 Å². The van der Waals surface area contributed by atoms with E-state index in [9.17, 15) is 19.7 Å². The number of rotatable bonds is 2. The monoisotopic (exact) mass is 338 g/mol. The molecule has 1 saturated carbocycles. The molecule has 0 bridgehead atoms. The molecule has 6 nitrogen and oxygen atoms in total. The quantitative estimate of drug-likeness (QED) is 0.509. The topological polar surface area (TPSA) is 89.3 Å². The molecule has 3 aliphatic rings. The maximum absolute atomic E-state index is 12.6. The predicted octanol–water partition coefficient (Wildman–Crippen LogP) is 2.73. The van der Waals surface area contributed by atoms with E-state index in [0.29, 0.717) is 12.0 Å². The second-order valence-corrected chi connectivity index (χ2v) is 6.75. The summed E-state index contributed by atoms with van der Waals surface area (Å²) in [5.41, 5.74) is 3.18. The first-order valence-electron chi connectivity index (χ1n) is 8.59. The SMILES string of the molecule is O=C1CCC2NC3CCCC=C3C(c3ccc([N+](=O)[O-])cc3)=C2C1=O. The number of fused-ring (bicyclic) bond motifs is 2. The average Bonchev–Trinajstić information content (AvgIpc) is 2.63. The number of hydrogen-bond acceptors (Lipinski definition) is 5. The molecular weight excluding hydrogens is 320 g/mol. The van der Waals surface area contributed by atoms with Crippen molar-refractivity contribution in [3.8, 4) is 0 Å². The minimum absolute atomic E-state index is 0.0139. The highest BCUT2D eigenvalue weighted by atomic mass is 16.6. The summed E-state index contributed by atoms with van der Waals surface area (Å²) in [6, 6.07) is 6.33. The lowest BCUT2D eigenvalue weighted by molar-refractivity contribution is -0.384. The van der Waals surface area contributed by atoms with Gasteiger partial charge in [0.25, 0.3) is 5.69 Å². The minimum atomic E-state index is -0.440. The first-order valence-corrected chi connectivity index (χ1v) is 8.59. The summed E-state index contributed by atoms with van der Waals surface area (Å²) in [5, 5.41) is 14.4. The molecule has 0 radical (unpaired) electrons. The summed E-state index contributed by atoms with van der Waals surface area (Å²) >= 11 is 0. The van der Waals surface area contributed by atoms with E-state index < -0.39 is 10.7 Å². The number of nitrogens with one attached hydrogen (secondary N) is 1. The molecule has 0 spiro atoms. The lowest BCUT2D eigenvalue weighted by Crippen LogP contribution is -2.50. The highest BCUT2D eigenvalue weighted by molar-refractivity contribution is 6.46. The van der Waals surface area contributed by atoms with Crippen molar-refractivity contribution in [3.05, 3.63) is 57.2 Å². The number of allylic oxidation sites excluding steroid dienone is 1. The minimum Gasteiger partial charge on any atom is -0.303 e. The Bertz CT molecular complexity index is 835. The van der Waals surface area contributed by atoms with Crippen molar-refractivity contribution < 1.29 is 14.5 Å². The summed E-state index contributed by atoms with van der Waals surface area (Å²) < 4.78 is 0. The molecular formula is C19H18N2O4. The number of nitro benzene ring substituents is 1. The van der Waals surface area contributed by atoms with Gasteiger partial charge in [-0.3, -0.25) is 19.7 Å². The van der Waals surface area contributed by atoms with E-state index in [4.69, 9.17) is 0 Å². The van der Waals surface area contributed by atoms with Gasteiger partial charge in [0.05, 0.1) is 4.92 Å². The summed E-state index contributed by atoms with van der Waals surface area (Å²) in [5.74, 6) is -0.760. The zero-order valence-electron chi connectivity index (χ0n) is 13.7. The van der Waals surface area contributed by atoms with E-state index in [1.165, 1.54) is 12.1 Å². The first-order chi connectivity index (χ1) is 12.1. The van der Waals surface area contributed by atoms with Crippen LogP contribution >= 0.6 is 0 Å². The number of nitrogens with zero attached hydrogens (tertiary/aromatic N) is 1. The van der Waals surface area contributed by atoms with Crippen molar-refractivity contribution in [2.45, 2.75) is 44.2 Å². The number of ketones is 2. The first kappa shape index (κ1) is 15.9. The molecule has 0 aromatic heterocycles. The molecule has 1 N–H and O–H groups in total. The number of Topliss-reactive ketones (excluding diaryl/α,β-unsaturated/α-hetero) is 2. The van der Waals surface area contributed by atoms with Gasteiger partial charge in [0, 0.05) is 36.2 Å². The van der Waals surface area contributed by atoms with Gasteiger partial charge >= 0.3 is 0 Å². The summed E-state index contributed by atoms with van der Waals surface area (Å²) in [4.78, 5) is 35.1. The van der Waals surface area contributed by atoms with Crippen LogP contribution in [0, 0.1) is 10.1 Å². The van der Waals surface area contributed by atoms with Crippen molar-refractivity contribution in [2.75, 3.05) is 0 Å². The second-order valence-electron chi connectivity index (χ2n) is 6.75. The third kappa shape index (κ3) is 2.62. The Labute approximate surface area is 144 Å².